The van der Waals surface area contributed by atoms with E-state index in [2.05, 4.69) is 21.2 Å². The van der Waals surface area contributed by atoms with Gasteiger partial charge in [-0.05, 0) is 41.4 Å². The summed E-state index contributed by atoms with van der Waals surface area (Å²) in [5, 5.41) is 12.3. The minimum Gasteiger partial charge on any atom is -0.444 e. The molecule has 104 valence electrons. The highest BCUT2D eigenvalue weighted by molar-refractivity contribution is 9.10. The highest BCUT2D eigenvalue weighted by atomic mass is 79.9. The minimum absolute atomic E-state index is 0.104. The summed E-state index contributed by atoms with van der Waals surface area (Å²) in [5.74, 6) is -0.505. The largest absolute Gasteiger partial charge is 0.444 e. The zero-order chi connectivity index (χ0) is 14.0. The number of nitrogens with one attached hydrogen (secondary N) is 1. The Labute approximate surface area is 118 Å². The van der Waals surface area contributed by atoms with Crippen molar-refractivity contribution in [2.45, 2.75) is 18.9 Å². The maximum absolute atomic E-state index is 11.8. The van der Waals surface area contributed by atoms with Crippen LogP contribution in [0.5, 0.6) is 0 Å². The van der Waals surface area contributed by atoms with Gasteiger partial charge in [0.2, 0.25) is 5.91 Å². The summed E-state index contributed by atoms with van der Waals surface area (Å²) < 4.78 is 5.53. The van der Waals surface area contributed by atoms with E-state index in [4.69, 9.17) is 4.42 Å². The molecule has 1 aliphatic heterocycles. The molecular weight excluding hydrogens is 316 g/mol. The van der Waals surface area contributed by atoms with Crippen LogP contribution in [0.2, 0.25) is 0 Å². The van der Waals surface area contributed by atoms with E-state index in [1.54, 1.807) is 17.9 Å². The van der Waals surface area contributed by atoms with Crippen LogP contribution in [0, 0.1) is 0 Å². The molecule has 0 radical (unpaired) electrons. The van der Waals surface area contributed by atoms with Crippen molar-refractivity contribution in [3.05, 3.63) is 22.6 Å². The molecule has 1 fully saturated rings. The van der Waals surface area contributed by atoms with E-state index in [0.717, 1.165) is 0 Å². The van der Waals surface area contributed by atoms with Crippen molar-refractivity contribution < 1.29 is 19.1 Å². The molecule has 0 aliphatic carbocycles. The highest BCUT2D eigenvalue weighted by Gasteiger charge is 2.33. The maximum Gasteiger partial charge on any atom is 0.287 e. The fraction of sp³-hybridized carbons (Fsp3) is 0.500. The number of rotatable bonds is 3. The Bertz CT molecular complexity index is 498. The summed E-state index contributed by atoms with van der Waals surface area (Å²) in [4.78, 5) is 25.0. The molecule has 1 saturated heterocycles. The van der Waals surface area contributed by atoms with E-state index in [1.807, 2.05) is 0 Å². The molecule has 2 amide bonds. The molecule has 6 nitrogen and oxygen atoms in total. The van der Waals surface area contributed by atoms with Crippen molar-refractivity contribution in [3.63, 3.8) is 0 Å². The molecule has 0 aromatic carbocycles. The summed E-state index contributed by atoms with van der Waals surface area (Å²) in [5.41, 5.74) is -0.828. The number of amides is 2. The van der Waals surface area contributed by atoms with Gasteiger partial charge in [-0.1, -0.05) is 0 Å². The first-order valence-corrected chi connectivity index (χ1v) is 6.70. The van der Waals surface area contributed by atoms with Gasteiger partial charge in [0.1, 0.15) is 0 Å². The van der Waals surface area contributed by atoms with Gasteiger partial charge in [0.15, 0.2) is 10.4 Å². The van der Waals surface area contributed by atoms with Crippen LogP contribution in [0.1, 0.15) is 23.9 Å². The summed E-state index contributed by atoms with van der Waals surface area (Å²) >= 11 is 3.10. The van der Waals surface area contributed by atoms with Crippen molar-refractivity contribution in [3.8, 4) is 0 Å². The molecular formula is C12H15BrN2O4. The van der Waals surface area contributed by atoms with Gasteiger partial charge in [-0.3, -0.25) is 9.59 Å². The van der Waals surface area contributed by atoms with Crippen LogP contribution in [0.4, 0.5) is 0 Å². The highest BCUT2D eigenvalue weighted by Crippen LogP contribution is 2.20. The first kappa shape index (κ1) is 14.1. The molecule has 19 heavy (non-hydrogen) atoms. The Kier molecular flexibility index (Phi) is 3.96. The Balaban J connectivity index is 1.83. The zero-order valence-corrected chi connectivity index (χ0v) is 12.1. The lowest BCUT2D eigenvalue weighted by Crippen LogP contribution is -2.40. The lowest BCUT2D eigenvalue weighted by Gasteiger charge is -2.19. The molecule has 2 N–H and O–H groups in total. The molecule has 2 heterocycles. The number of halogens is 1. The van der Waals surface area contributed by atoms with Crippen molar-refractivity contribution >= 4 is 27.7 Å². The maximum atomic E-state index is 11.8. The third kappa shape index (κ3) is 3.57. The normalized spacial score (nSPS) is 22.6. The number of nitrogens with zero attached hydrogens (tertiary/aromatic N) is 1. The van der Waals surface area contributed by atoms with Crippen LogP contribution < -0.4 is 5.32 Å². The van der Waals surface area contributed by atoms with Crippen LogP contribution in [0.25, 0.3) is 0 Å². The lowest BCUT2D eigenvalue weighted by atomic mass is 10.1. The average Bonchev–Trinajstić information content (AvgIpc) is 2.91. The van der Waals surface area contributed by atoms with Gasteiger partial charge in [0, 0.05) is 13.1 Å². The number of hydrogen-bond acceptors (Lipinski definition) is 4. The number of aliphatic hydroxyl groups is 1. The first-order valence-electron chi connectivity index (χ1n) is 5.91. The van der Waals surface area contributed by atoms with E-state index >= 15 is 0 Å². The molecule has 0 bridgehead atoms. The Morgan fingerprint density at radius 2 is 2.32 bits per heavy atom. The second-order valence-electron chi connectivity index (χ2n) is 4.85. The number of likely N-dealkylation sites (tertiary alicyclic amines) is 1. The van der Waals surface area contributed by atoms with E-state index in [9.17, 15) is 14.7 Å². The van der Waals surface area contributed by atoms with E-state index < -0.39 is 11.5 Å². The van der Waals surface area contributed by atoms with Crippen molar-refractivity contribution in [2.75, 3.05) is 19.6 Å². The topological polar surface area (TPSA) is 82.8 Å². The minimum atomic E-state index is -0.828. The van der Waals surface area contributed by atoms with Crippen LogP contribution in [0.15, 0.2) is 21.2 Å². The van der Waals surface area contributed by atoms with Crippen molar-refractivity contribution in [1.82, 2.24) is 10.2 Å². The summed E-state index contributed by atoms with van der Waals surface area (Å²) in [6, 6.07) is 3.12. The monoisotopic (exact) mass is 330 g/mol. The van der Waals surface area contributed by atoms with Crippen LogP contribution in [0.3, 0.4) is 0 Å². The van der Waals surface area contributed by atoms with E-state index in [1.165, 1.54) is 6.07 Å². The number of carbonyl (C=O) groups excluding carboxylic acids is 2. The second kappa shape index (κ2) is 5.34. The fourth-order valence-corrected chi connectivity index (χ4v) is 2.26. The SMILES string of the molecule is CC1(O)CCN(C(=O)CNC(=O)c2ccc(Br)o2)C1. The predicted molar refractivity (Wildman–Crippen MR) is 70.6 cm³/mol. The first-order chi connectivity index (χ1) is 8.87. The number of furan rings is 1. The fourth-order valence-electron chi connectivity index (χ4n) is 1.95. The average molecular weight is 331 g/mol. The van der Waals surface area contributed by atoms with Gasteiger partial charge in [-0.25, -0.2) is 0 Å². The molecule has 0 saturated carbocycles. The van der Waals surface area contributed by atoms with Gasteiger partial charge in [-0.2, -0.15) is 0 Å². The number of hydrogen-bond donors (Lipinski definition) is 2. The van der Waals surface area contributed by atoms with Crippen molar-refractivity contribution in [2.24, 2.45) is 0 Å². The molecule has 1 unspecified atom stereocenters. The quantitative estimate of drug-likeness (QED) is 0.856. The molecule has 0 spiro atoms. The lowest BCUT2D eigenvalue weighted by molar-refractivity contribution is -0.129. The van der Waals surface area contributed by atoms with Gasteiger partial charge in [0.25, 0.3) is 5.91 Å². The summed E-state index contributed by atoms with van der Waals surface area (Å²) in [7, 11) is 0. The summed E-state index contributed by atoms with van der Waals surface area (Å²) in [6.07, 6.45) is 0.553. The third-order valence-electron chi connectivity index (χ3n) is 3.00. The second-order valence-corrected chi connectivity index (χ2v) is 5.63. The van der Waals surface area contributed by atoms with Gasteiger partial charge in [0.05, 0.1) is 12.1 Å². The van der Waals surface area contributed by atoms with Gasteiger partial charge in [-0.15, -0.1) is 0 Å². The standard InChI is InChI=1S/C12H15BrN2O4/c1-12(18)4-5-15(7-12)10(16)6-14-11(17)8-2-3-9(13)19-8/h2-3,18H,4-7H2,1H3,(H,14,17). The molecule has 2 rings (SSSR count). The van der Waals surface area contributed by atoms with E-state index in [-0.39, 0.29) is 18.2 Å². The van der Waals surface area contributed by atoms with E-state index in [0.29, 0.717) is 24.2 Å². The summed E-state index contributed by atoms with van der Waals surface area (Å²) in [6.45, 7) is 2.40. The number of carbonyl (C=O) groups is 2. The van der Waals surface area contributed by atoms with Gasteiger partial charge >= 0.3 is 0 Å². The van der Waals surface area contributed by atoms with Gasteiger partial charge < -0.3 is 19.7 Å². The van der Waals surface area contributed by atoms with Crippen LogP contribution >= 0.6 is 15.9 Å². The Morgan fingerprint density at radius 1 is 1.58 bits per heavy atom. The molecule has 1 atom stereocenters. The van der Waals surface area contributed by atoms with Crippen LogP contribution in [-0.4, -0.2) is 47.1 Å². The van der Waals surface area contributed by atoms with Crippen LogP contribution in [-0.2, 0) is 4.79 Å². The smallest absolute Gasteiger partial charge is 0.287 e. The Morgan fingerprint density at radius 3 is 2.84 bits per heavy atom. The number of β-amino-alcohol motifs (C(OH)–C–C–N with tert-alkyl or cyclic N) is 1. The Hall–Kier alpha value is -1.34. The zero-order valence-electron chi connectivity index (χ0n) is 10.5. The third-order valence-corrected chi connectivity index (χ3v) is 3.43. The predicted octanol–water partition coefficient (Wildman–Crippen LogP) is 0.755. The van der Waals surface area contributed by atoms with Crippen molar-refractivity contribution in [1.29, 1.82) is 0 Å². The molecule has 1 aliphatic rings. The molecule has 7 heteroatoms. The molecule has 1 aromatic rings. The molecule has 1 aromatic heterocycles.